The summed E-state index contributed by atoms with van der Waals surface area (Å²) >= 11 is 3.23. The minimum Gasteiger partial charge on any atom is -0.455 e. The van der Waals surface area contributed by atoms with Crippen LogP contribution in [0.4, 0.5) is 13.2 Å². The fourth-order valence-corrected chi connectivity index (χ4v) is 1.77. The lowest BCUT2D eigenvalue weighted by atomic mass is 10.2. The second-order valence-electron chi connectivity index (χ2n) is 3.86. The van der Waals surface area contributed by atoms with Crippen LogP contribution in [-0.2, 0) is 6.18 Å². The van der Waals surface area contributed by atoms with Gasteiger partial charge in [0.1, 0.15) is 11.5 Å². The molecule has 0 aliphatic rings. The molecule has 100 valence electrons. The summed E-state index contributed by atoms with van der Waals surface area (Å²) in [6.07, 6.45) is -2.79. The SMILES string of the molecule is Cc1ncc(Br)cc1Oc1cccc(C(F)(F)F)c1. The molecule has 2 aromatic rings. The van der Waals surface area contributed by atoms with Gasteiger partial charge in [-0.1, -0.05) is 6.07 Å². The number of rotatable bonds is 2. The molecule has 1 aromatic carbocycles. The van der Waals surface area contributed by atoms with E-state index in [1.165, 1.54) is 12.1 Å². The summed E-state index contributed by atoms with van der Waals surface area (Å²) in [5, 5.41) is 0. The Kier molecular flexibility index (Phi) is 3.80. The fourth-order valence-electron chi connectivity index (χ4n) is 1.46. The first-order valence-electron chi connectivity index (χ1n) is 5.33. The number of ether oxygens (including phenoxy) is 1. The molecule has 2 nitrogen and oxygen atoms in total. The Morgan fingerprint density at radius 2 is 1.95 bits per heavy atom. The van der Waals surface area contributed by atoms with E-state index in [1.54, 1.807) is 19.2 Å². The largest absolute Gasteiger partial charge is 0.455 e. The van der Waals surface area contributed by atoms with Crippen molar-refractivity contribution in [2.75, 3.05) is 0 Å². The maximum atomic E-state index is 12.6. The van der Waals surface area contributed by atoms with Gasteiger partial charge in [-0.2, -0.15) is 13.2 Å². The molecule has 1 aromatic heterocycles. The zero-order chi connectivity index (χ0) is 14.0. The van der Waals surface area contributed by atoms with Crippen molar-refractivity contribution in [1.29, 1.82) is 0 Å². The summed E-state index contributed by atoms with van der Waals surface area (Å²) in [6, 6.07) is 6.39. The Bertz CT molecular complexity index is 599. The van der Waals surface area contributed by atoms with Crippen LogP contribution in [0.5, 0.6) is 11.5 Å². The highest BCUT2D eigenvalue weighted by atomic mass is 79.9. The molecule has 0 bridgehead atoms. The van der Waals surface area contributed by atoms with E-state index < -0.39 is 11.7 Å². The van der Waals surface area contributed by atoms with Crippen molar-refractivity contribution in [3.63, 3.8) is 0 Å². The van der Waals surface area contributed by atoms with Crippen molar-refractivity contribution in [3.05, 3.63) is 52.3 Å². The third kappa shape index (κ3) is 3.47. The van der Waals surface area contributed by atoms with E-state index in [4.69, 9.17) is 4.74 Å². The first-order chi connectivity index (χ1) is 8.86. The van der Waals surface area contributed by atoms with Gasteiger partial charge in [-0.3, -0.25) is 4.98 Å². The molecule has 1 heterocycles. The third-order valence-electron chi connectivity index (χ3n) is 2.40. The summed E-state index contributed by atoms with van der Waals surface area (Å²) in [5.41, 5.74) is -0.147. The van der Waals surface area contributed by atoms with Gasteiger partial charge in [-0.15, -0.1) is 0 Å². The monoisotopic (exact) mass is 331 g/mol. The maximum absolute atomic E-state index is 12.6. The summed E-state index contributed by atoms with van der Waals surface area (Å²) in [6.45, 7) is 1.72. The number of pyridine rings is 1. The molecule has 0 spiro atoms. The first-order valence-corrected chi connectivity index (χ1v) is 6.13. The average Bonchev–Trinajstić information content (AvgIpc) is 2.33. The van der Waals surface area contributed by atoms with Gasteiger partial charge < -0.3 is 4.74 Å². The highest BCUT2D eigenvalue weighted by Crippen LogP contribution is 2.33. The molecule has 6 heteroatoms. The zero-order valence-corrected chi connectivity index (χ0v) is 11.4. The van der Waals surface area contributed by atoms with Crippen LogP contribution in [0.3, 0.4) is 0 Å². The maximum Gasteiger partial charge on any atom is 0.416 e. The van der Waals surface area contributed by atoms with E-state index in [-0.39, 0.29) is 5.75 Å². The Hall–Kier alpha value is -1.56. The fraction of sp³-hybridized carbons (Fsp3) is 0.154. The molecular formula is C13H9BrF3NO. The third-order valence-corrected chi connectivity index (χ3v) is 2.83. The van der Waals surface area contributed by atoms with E-state index in [0.717, 1.165) is 12.1 Å². The number of halogens is 4. The van der Waals surface area contributed by atoms with E-state index in [1.807, 2.05) is 0 Å². The van der Waals surface area contributed by atoms with Crippen LogP contribution >= 0.6 is 15.9 Å². The molecule has 0 N–H and O–H groups in total. The van der Waals surface area contributed by atoms with Crippen LogP contribution in [0, 0.1) is 6.92 Å². The molecule has 0 saturated carbocycles. The molecule has 0 amide bonds. The van der Waals surface area contributed by atoms with Crippen LogP contribution in [0.25, 0.3) is 0 Å². The van der Waals surface area contributed by atoms with Gasteiger partial charge in [0.15, 0.2) is 0 Å². The number of hydrogen-bond donors (Lipinski definition) is 0. The lowest BCUT2D eigenvalue weighted by Crippen LogP contribution is -2.04. The highest BCUT2D eigenvalue weighted by Gasteiger charge is 2.30. The van der Waals surface area contributed by atoms with Crippen LogP contribution in [-0.4, -0.2) is 4.98 Å². The molecule has 0 saturated heterocycles. The van der Waals surface area contributed by atoms with Crippen LogP contribution in [0.1, 0.15) is 11.3 Å². The minimum atomic E-state index is -4.38. The summed E-state index contributed by atoms with van der Waals surface area (Å²) < 4.78 is 43.9. The number of hydrogen-bond acceptors (Lipinski definition) is 2. The molecule has 2 rings (SSSR count). The van der Waals surface area contributed by atoms with Gasteiger partial charge in [0, 0.05) is 10.7 Å². The van der Waals surface area contributed by atoms with Crippen molar-refractivity contribution < 1.29 is 17.9 Å². The molecule has 19 heavy (non-hydrogen) atoms. The van der Waals surface area contributed by atoms with Gasteiger partial charge in [0.25, 0.3) is 0 Å². The van der Waals surface area contributed by atoms with Crippen LogP contribution in [0.15, 0.2) is 41.0 Å². The molecule has 0 unspecified atom stereocenters. The molecule has 0 fully saturated rings. The van der Waals surface area contributed by atoms with E-state index in [9.17, 15) is 13.2 Å². The predicted molar refractivity (Wildman–Crippen MR) is 68.2 cm³/mol. The number of benzene rings is 1. The Morgan fingerprint density at radius 1 is 1.21 bits per heavy atom. The normalized spacial score (nSPS) is 11.4. The molecule has 0 aliphatic carbocycles. The number of aryl methyl sites for hydroxylation is 1. The molecule has 0 atom stereocenters. The number of alkyl halides is 3. The number of nitrogens with zero attached hydrogens (tertiary/aromatic N) is 1. The topological polar surface area (TPSA) is 22.1 Å². The van der Waals surface area contributed by atoms with Gasteiger partial charge >= 0.3 is 6.18 Å². The summed E-state index contributed by atoms with van der Waals surface area (Å²) in [4.78, 5) is 4.05. The van der Waals surface area contributed by atoms with E-state index in [2.05, 4.69) is 20.9 Å². The van der Waals surface area contributed by atoms with Crippen molar-refractivity contribution in [2.45, 2.75) is 13.1 Å². The molecular weight excluding hydrogens is 323 g/mol. The zero-order valence-electron chi connectivity index (χ0n) is 9.83. The smallest absolute Gasteiger partial charge is 0.416 e. The van der Waals surface area contributed by atoms with Gasteiger partial charge in [0.05, 0.1) is 11.3 Å². The lowest BCUT2D eigenvalue weighted by Gasteiger charge is -2.11. The minimum absolute atomic E-state index is 0.123. The van der Waals surface area contributed by atoms with Crippen LogP contribution in [0.2, 0.25) is 0 Å². The van der Waals surface area contributed by atoms with Gasteiger partial charge in [-0.25, -0.2) is 0 Å². The highest BCUT2D eigenvalue weighted by molar-refractivity contribution is 9.10. The Morgan fingerprint density at radius 3 is 2.63 bits per heavy atom. The number of aromatic nitrogens is 1. The van der Waals surface area contributed by atoms with Crippen molar-refractivity contribution in [2.24, 2.45) is 0 Å². The Balaban J connectivity index is 2.31. The second kappa shape index (κ2) is 5.21. The average molecular weight is 332 g/mol. The summed E-state index contributed by atoms with van der Waals surface area (Å²) in [7, 11) is 0. The lowest BCUT2D eigenvalue weighted by molar-refractivity contribution is -0.137. The van der Waals surface area contributed by atoms with Gasteiger partial charge in [0.2, 0.25) is 0 Å². The molecule has 0 radical (unpaired) electrons. The molecule has 0 aliphatic heterocycles. The quantitative estimate of drug-likeness (QED) is 0.775. The standard InChI is InChI=1S/C13H9BrF3NO/c1-8-12(6-10(14)7-18-8)19-11-4-2-3-9(5-11)13(15,16)17/h2-7H,1H3. The van der Waals surface area contributed by atoms with Crippen molar-refractivity contribution in [3.8, 4) is 11.5 Å². The van der Waals surface area contributed by atoms with E-state index in [0.29, 0.717) is 15.9 Å². The van der Waals surface area contributed by atoms with Gasteiger partial charge in [-0.05, 0) is 47.1 Å². The van der Waals surface area contributed by atoms with Crippen LogP contribution < -0.4 is 4.74 Å². The Labute approximate surface area is 116 Å². The van der Waals surface area contributed by atoms with E-state index >= 15 is 0 Å². The van der Waals surface area contributed by atoms with Crippen molar-refractivity contribution >= 4 is 15.9 Å². The van der Waals surface area contributed by atoms with Crippen molar-refractivity contribution in [1.82, 2.24) is 4.98 Å². The second-order valence-corrected chi connectivity index (χ2v) is 4.78. The summed E-state index contributed by atoms with van der Waals surface area (Å²) in [5.74, 6) is 0.534. The predicted octanol–water partition coefficient (Wildman–Crippen LogP) is 4.96. The first kappa shape index (κ1) is 13.9.